The molecule has 1 aromatic carbocycles. The molecule has 0 fully saturated rings. The third-order valence-electron chi connectivity index (χ3n) is 4.08. The first-order chi connectivity index (χ1) is 13.7. The molecule has 0 unspecified atom stereocenters. The molecule has 1 aromatic rings. The van der Waals surface area contributed by atoms with Gasteiger partial charge in [-0.15, -0.1) is 5.10 Å². The Morgan fingerprint density at radius 3 is 2.31 bits per heavy atom. The van der Waals surface area contributed by atoms with E-state index in [0.29, 0.717) is 22.8 Å². The Morgan fingerprint density at radius 2 is 1.79 bits per heavy atom. The van der Waals surface area contributed by atoms with Crippen molar-refractivity contribution in [1.82, 2.24) is 5.01 Å². The summed E-state index contributed by atoms with van der Waals surface area (Å²) in [6, 6.07) is 3.23. The number of thioether (sulfide) groups is 1. The first kappa shape index (κ1) is 20.9. The minimum absolute atomic E-state index is 0.0362. The lowest BCUT2D eigenvalue weighted by molar-refractivity contribution is -0.114. The number of hydrogen-bond donors (Lipinski definition) is 1. The van der Waals surface area contributed by atoms with Crippen LogP contribution in [0, 0.1) is 5.41 Å². The van der Waals surface area contributed by atoms with Gasteiger partial charge in [0.05, 0.1) is 32.7 Å². The second-order valence-corrected chi connectivity index (χ2v) is 9.16. The third-order valence-corrected chi connectivity index (χ3v) is 7.17. The maximum Gasteiger partial charge on any atom is 0.283 e. The van der Waals surface area contributed by atoms with E-state index in [1.165, 1.54) is 34.3 Å². The Bertz CT molecular complexity index is 1070. The standard InChI is InChI=1S/C17H18N4O6S2/c1-5-29(23,24)17-20-21-14(18)10(15(22)19-16(21)28-17)6-9-7-11(25-2)13(27-4)12(8-9)26-3/h6-8,18H,5H2,1-4H3/b10-6+,18-14?. The van der Waals surface area contributed by atoms with Crippen LogP contribution in [0.3, 0.4) is 0 Å². The average Bonchev–Trinajstić information content (AvgIpc) is 3.15. The van der Waals surface area contributed by atoms with Crippen LogP contribution < -0.4 is 14.2 Å². The van der Waals surface area contributed by atoms with Crippen LogP contribution in [0.1, 0.15) is 12.5 Å². The van der Waals surface area contributed by atoms with Gasteiger partial charge in [-0.2, -0.15) is 10.0 Å². The van der Waals surface area contributed by atoms with Crippen molar-refractivity contribution in [3.8, 4) is 17.2 Å². The van der Waals surface area contributed by atoms with E-state index in [1.807, 2.05) is 0 Å². The van der Waals surface area contributed by atoms with Gasteiger partial charge in [0, 0.05) is 0 Å². The summed E-state index contributed by atoms with van der Waals surface area (Å²) in [5.41, 5.74) is 0.450. The molecule has 3 rings (SSSR count). The average molecular weight is 438 g/mol. The molecule has 1 N–H and O–H groups in total. The van der Waals surface area contributed by atoms with Gasteiger partial charge in [-0.1, -0.05) is 6.92 Å². The van der Waals surface area contributed by atoms with Crippen molar-refractivity contribution < 1.29 is 27.4 Å². The topological polar surface area (TPSA) is 131 Å². The first-order valence-electron chi connectivity index (χ1n) is 8.28. The zero-order chi connectivity index (χ0) is 21.3. The minimum Gasteiger partial charge on any atom is -0.493 e. The lowest BCUT2D eigenvalue weighted by Crippen LogP contribution is -2.35. The number of ether oxygens (including phenoxy) is 3. The van der Waals surface area contributed by atoms with Gasteiger partial charge >= 0.3 is 0 Å². The molecule has 29 heavy (non-hydrogen) atoms. The number of fused-ring (bicyclic) bond motifs is 1. The summed E-state index contributed by atoms with van der Waals surface area (Å²) in [6.07, 6.45) is 1.43. The predicted octanol–water partition coefficient (Wildman–Crippen LogP) is 1.72. The molecule has 12 heteroatoms. The van der Waals surface area contributed by atoms with E-state index < -0.39 is 15.7 Å². The SMILES string of the molecule is CCS(=O)(=O)C1=NN2C(=N)/C(=C\c3cc(OC)c(OC)c(OC)c3)C(=O)N=C2S1. The third kappa shape index (κ3) is 3.72. The highest BCUT2D eigenvalue weighted by Gasteiger charge is 2.39. The Kier molecular flexibility index (Phi) is 5.66. The second-order valence-electron chi connectivity index (χ2n) is 5.75. The Morgan fingerprint density at radius 1 is 1.17 bits per heavy atom. The lowest BCUT2D eigenvalue weighted by Gasteiger charge is -2.20. The fourth-order valence-corrected chi connectivity index (χ4v) is 4.74. The van der Waals surface area contributed by atoms with Gasteiger partial charge in [-0.3, -0.25) is 10.2 Å². The molecule has 10 nitrogen and oxygen atoms in total. The number of hydrogen-bond acceptors (Lipinski definition) is 9. The van der Waals surface area contributed by atoms with Crippen molar-refractivity contribution in [2.24, 2.45) is 10.1 Å². The van der Waals surface area contributed by atoms with Crippen molar-refractivity contribution >= 4 is 49.0 Å². The zero-order valence-corrected chi connectivity index (χ0v) is 17.7. The van der Waals surface area contributed by atoms with Crippen LogP contribution >= 0.6 is 11.8 Å². The summed E-state index contributed by atoms with van der Waals surface area (Å²) in [7, 11) is 0.815. The maximum atomic E-state index is 12.5. The molecule has 2 aliphatic heterocycles. The van der Waals surface area contributed by atoms with Crippen LogP contribution in [-0.2, 0) is 14.6 Å². The number of nitrogens with zero attached hydrogens (tertiary/aromatic N) is 3. The molecule has 0 saturated heterocycles. The molecule has 1 amide bonds. The van der Waals surface area contributed by atoms with E-state index in [0.717, 1.165) is 16.8 Å². The summed E-state index contributed by atoms with van der Waals surface area (Å²) in [4.78, 5) is 16.4. The number of aliphatic imine (C=N–C) groups is 1. The van der Waals surface area contributed by atoms with Crippen LogP contribution in [0.15, 0.2) is 27.8 Å². The van der Waals surface area contributed by atoms with Crippen molar-refractivity contribution in [3.05, 3.63) is 23.3 Å². The van der Waals surface area contributed by atoms with E-state index in [2.05, 4.69) is 10.1 Å². The molecule has 2 aliphatic rings. The number of benzene rings is 1. The molecule has 0 spiro atoms. The van der Waals surface area contributed by atoms with E-state index >= 15 is 0 Å². The molecular formula is C17H18N4O6S2. The quantitative estimate of drug-likeness (QED) is 0.688. The summed E-state index contributed by atoms with van der Waals surface area (Å²) in [5.74, 6) is 0.0513. The number of rotatable bonds is 5. The highest BCUT2D eigenvalue weighted by atomic mass is 32.3. The molecule has 0 atom stereocenters. The van der Waals surface area contributed by atoms with Gasteiger partial charge in [-0.25, -0.2) is 8.42 Å². The minimum atomic E-state index is -3.58. The molecule has 154 valence electrons. The Labute approximate surface area is 171 Å². The van der Waals surface area contributed by atoms with Crippen LogP contribution in [-0.4, -0.2) is 61.8 Å². The number of amides is 1. The van der Waals surface area contributed by atoms with Gasteiger partial charge in [-0.05, 0) is 35.5 Å². The van der Waals surface area contributed by atoms with Gasteiger partial charge in [0.1, 0.15) is 0 Å². The largest absolute Gasteiger partial charge is 0.493 e. The van der Waals surface area contributed by atoms with Gasteiger partial charge in [0.25, 0.3) is 5.91 Å². The molecular weight excluding hydrogens is 420 g/mol. The summed E-state index contributed by atoms with van der Waals surface area (Å²) < 4.78 is 39.8. The van der Waals surface area contributed by atoms with Gasteiger partial charge in [0.2, 0.25) is 25.1 Å². The highest BCUT2D eigenvalue weighted by molar-refractivity contribution is 8.42. The van der Waals surface area contributed by atoms with E-state index in [-0.39, 0.29) is 26.7 Å². The molecule has 2 heterocycles. The first-order valence-corrected chi connectivity index (χ1v) is 10.8. The molecule has 0 radical (unpaired) electrons. The number of sulfone groups is 1. The smallest absolute Gasteiger partial charge is 0.283 e. The normalized spacial score (nSPS) is 17.8. The predicted molar refractivity (Wildman–Crippen MR) is 111 cm³/mol. The zero-order valence-electron chi connectivity index (χ0n) is 16.0. The number of carbonyl (C=O) groups excluding carboxylic acids is 1. The Hall–Kier alpha value is -2.86. The van der Waals surface area contributed by atoms with Gasteiger partial charge < -0.3 is 14.2 Å². The summed E-state index contributed by atoms with van der Waals surface area (Å²) in [5, 5.41) is 13.4. The number of methoxy groups -OCH3 is 3. The monoisotopic (exact) mass is 438 g/mol. The number of amidine groups is 2. The maximum absolute atomic E-state index is 12.5. The molecule has 0 saturated carbocycles. The van der Waals surface area contributed by atoms with Crippen molar-refractivity contribution in [2.45, 2.75) is 6.92 Å². The van der Waals surface area contributed by atoms with Crippen LogP contribution in [0.5, 0.6) is 17.2 Å². The Balaban J connectivity index is 2.04. The molecule has 0 aliphatic carbocycles. The lowest BCUT2D eigenvalue weighted by atomic mass is 10.1. The number of carbonyl (C=O) groups is 1. The summed E-state index contributed by atoms with van der Waals surface area (Å²) >= 11 is 0.752. The second kappa shape index (κ2) is 7.87. The molecule has 0 bridgehead atoms. The van der Waals surface area contributed by atoms with Crippen LogP contribution in [0.2, 0.25) is 0 Å². The van der Waals surface area contributed by atoms with Crippen LogP contribution in [0.4, 0.5) is 0 Å². The van der Waals surface area contributed by atoms with Crippen molar-refractivity contribution in [2.75, 3.05) is 27.1 Å². The van der Waals surface area contributed by atoms with E-state index in [9.17, 15) is 13.2 Å². The summed E-state index contributed by atoms with van der Waals surface area (Å²) in [6.45, 7) is 1.49. The number of nitrogens with one attached hydrogen (secondary N) is 1. The van der Waals surface area contributed by atoms with Gasteiger partial charge in [0.15, 0.2) is 17.3 Å². The van der Waals surface area contributed by atoms with E-state index in [1.54, 1.807) is 12.1 Å². The number of hydrazone groups is 1. The van der Waals surface area contributed by atoms with Crippen molar-refractivity contribution in [1.29, 1.82) is 5.41 Å². The fourth-order valence-electron chi connectivity index (χ4n) is 2.58. The highest BCUT2D eigenvalue weighted by Crippen LogP contribution is 2.39. The van der Waals surface area contributed by atoms with E-state index in [4.69, 9.17) is 19.6 Å². The van der Waals surface area contributed by atoms with Crippen LogP contribution in [0.25, 0.3) is 6.08 Å². The molecule has 0 aromatic heterocycles. The fraction of sp³-hybridized carbons (Fsp3) is 0.294. The van der Waals surface area contributed by atoms with Crippen molar-refractivity contribution in [3.63, 3.8) is 0 Å².